The van der Waals surface area contributed by atoms with Gasteiger partial charge >= 0.3 is 6.09 Å². The molecule has 212 valence electrons. The maximum Gasteiger partial charge on any atom is 0.408 e. The number of nitrogens with two attached hydrogens (primary N) is 1. The summed E-state index contributed by atoms with van der Waals surface area (Å²) in [5.74, 6) is -1.29. The van der Waals surface area contributed by atoms with Gasteiger partial charge in [0, 0.05) is 18.5 Å². The van der Waals surface area contributed by atoms with E-state index >= 15 is 0 Å². The SMILES string of the molecule is CCC(C)N(C(=O)C(CCC(N)=O)NC(=O)OC(C)(C)C)C(C(=O)NC1CCCCC1)c1ccccc1C. The Morgan fingerprint density at radius 1 is 1.11 bits per heavy atom. The summed E-state index contributed by atoms with van der Waals surface area (Å²) in [5.41, 5.74) is 6.21. The van der Waals surface area contributed by atoms with E-state index in [1.54, 1.807) is 25.7 Å². The van der Waals surface area contributed by atoms with Gasteiger partial charge in [0.05, 0.1) is 0 Å². The molecule has 1 saturated carbocycles. The molecule has 9 nitrogen and oxygen atoms in total. The second-order valence-corrected chi connectivity index (χ2v) is 11.3. The fraction of sp³-hybridized carbons (Fsp3) is 0.655. The molecule has 0 spiro atoms. The molecule has 0 aliphatic heterocycles. The number of primary amides is 1. The van der Waals surface area contributed by atoms with Gasteiger partial charge in [-0.05, 0) is 71.4 Å². The highest BCUT2D eigenvalue weighted by molar-refractivity contribution is 5.93. The summed E-state index contributed by atoms with van der Waals surface area (Å²) in [4.78, 5) is 54.0. The summed E-state index contributed by atoms with van der Waals surface area (Å²) in [6.45, 7) is 10.9. The van der Waals surface area contributed by atoms with Gasteiger partial charge in [-0.25, -0.2) is 4.79 Å². The minimum Gasteiger partial charge on any atom is -0.444 e. The third-order valence-corrected chi connectivity index (χ3v) is 6.95. The molecule has 2 rings (SSSR count). The highest BCUT2D eigenvalue weighted by atomic mass is 16.6. The first-order valence-electron chi connectivity index (χ1n) is 13.8. The van der Waals surface area contributed by atoms with Crippen LogP contribution in [0.1, 0.15) is 103 Å². The summed E-state index contributed by atoms with van der Waals surface area (Å²) in [7, 11) is 0. The lowest BCUT2D eigenvalue weighted by molar-refractivity contribution is -0.145. The standard InChI is InChI=1S/C29H46N4O5/c1-7-20(3)33(27(36)23(17-18-24(30)34)32-28(37)38-29(4,5)6)25(22-16-12-11-13-19(22)2)26(35)31-21-14-9-8-10-15-21/h11-13,16,20-21,23,25H,7-10,14-15,17-18H2,1-6H3,(H2,30,34)(H,31,35)(H,32,37). The Balaban J connectivity index is 2.50. The first-order chi connectivity index (χ1) is 17.8. The molecule has 9 heteroatoms. The van der Waals surface area contributed by atoms with E-state index < -0.39 is 35.6 Å². The first kappa shape index (κ1) is 31.1. The molecule has 0 heterocycles. The average Bonchev–Trinajstić information content (AvgIpc) is 2.84. The summed E-state index contributed by atoms with van der Waals surface area (Å²) >= 11 is 0. The number of carbonyl (C=O) groups excluding carboxylic acids is 4. The number of aryl methyl sites for hydroxylation is 1. The Hall–Kier alpha value is -3.10. The van der Waals surface area contributed by atoms with Crippen LogP contribution >= 0.6 is 0 Å². The fourth-order valence-corrected chi connectivity index (χ4v) is 4.81. The Labute approximate surface area is 227 Å². The van der Waals surface area contributed by atoms with Gasteiger partial charge in [-0.3, -0.25) is 14.4 Å². The maximum atomic E-state index is 14.2. The van der Waals surface area contributed by atoms with Crippen LogP contribution in [-0.4, -0.2) is 52.4 Å². The van der Waals surface area contributed by atoms with Gasteiger partial charge in [0.15, 0.2) is 0 Å². The van der Waals surface area contributed by atoms with Gasteiger partial charge in [-0.2, -0.15) is 0 Å². The fourth-order valence-electron chi connectivity index (χ4n) is 4.81. The number of nitrogens with one attached hydrogen (secondary N) is 2. The minimum atomic E-state index is -1.10. The van der Waals surface area contributed by atoms with Crippen molar-refractivity contribution >= 4 is 23.8 Å². The van der Waals surface area contributed by atoms with Gasteiger partial charge in [0.2, 0.25) is 17.7 Å². The largest absolute Gasteiger partial charge is 0.444 e. The molecule has 3 unspecified atom stereocenters. The topological polar surface area (TPSA) is 131 Å². The van der Waals surface area contributed by atoms with Gasteiger partial charge in [0.1, 0.15) is 17.7 Å². The lowest BCUT2D eigenvalue weighted by atomic mass is 9.93. The summed E-state index contributed by atoms with van der Waals surface area (Å²) in [6.07, 6.45) is 4.78. The van der Waals surface area contributed by atoms with Crippen LogP contribution in [0.3, 0.4) is 0 Å². The summed E-state index contributed by atoms with van der Waals surface area (Å²) < 4.78 is 5.39. The van der Waals surface area contributed by atoms with Gasteiger partial charge in [0.25, 0.3) is 0 Å². The molecule has 1 fully saturated rings. The van der Waals surface area contributed by atoms with E-state index in [1.807, 2.05) is 45.0 Å². The van der Waals surface area contributed by atoms with E-state index in [2.05, 4.69) is 10.6 Å². The van der Waals surface area contributed by atoms with Crippen LogP contribution in [0.5, 0.6) is 0 Å². The zero-order valence-electron chi connectivity index (χ0n) is 23.8. The molecule has 0 radical (unpaired) electrons. The van der Waals surface area contributed by atoms with Crippen molar-refractivity contribution in [3.63, 3.8) is 0 Å². The van der Waals surface area contributed by atoms with Gasteiger partial charge in [-0.15, -0.1) is 0 Å². The Bertz CT molecular complexity index is 968. The number of hydrogen-bond acceptors (Lipinski definition) is 5. The van der Waals surface area contributed by atoms with E-state index in [-0.39, 0.29) is 30.8 Å². The lowest BCUT2D eigenvalue weighted by Crippen LogP contribution is -2.56. The van der Waals surface area contributed by atoms with Crippen molar-refractivity contribution in [1.82, 2.24) is 15.5 Å². The number of hydrogen-bond donors (Lipinski definition) is 3. The van der Waals surface area contributed by atoms with Crippen LogP contribution in [-0.2, 0) is 19.1 Å². The molecule has 1 aliphatic rings. The normalized spacial score (nSPS) is 16.6. The predicted octanol–water partition coefficient (Wildman–Crippen LogP) is 4.27. The van der Waals surface area contributed by atoms with E-state index in [1.165, 1.54) is 0 Å². The second-order valence-electron chi connectivity index (χ2n) is 11.3. The molecular weight excluding hydrogens is 484 g/mol. The van der Waals surface area contributed by atoms with Crippen molar-refractivity contribution in [3.8, 4) is 0 Å². The molecule has 38 heavy (non-hydrogen) atoms. The monoisotopic (exact) mass is 530 g/mol. The van der Waals surface area contributed by atoms with Crippen molar-refractivity contribution < 1.29 is 23.9 Å². The smallest absolute Gasteiger partial charge is 0.408 e. The quantitative estimate of drug-likeness (QED) is 0.393. The molecule has 4 amide bonds. The molecule has 3 atom stereocenters. The first-order valence-corrected chi connectivity index (χ1v) is 13.8. The number of rotatable bonds is 11. The number of benzene rings is 1. The molecule has 1 aromatic carbocycles. The van der Waals surface area contributed by atoms with Crippen molar-refractivity contribution in [2.75, 3.05) is 0 Å². The van der Waals surface area contributed by atoms with E-state index in [0.29, 0.717) is 6.42 Å². The van der Waals surface area contributed by atoms with Gasteiger partial charge in [-0.1, -0.05) is 50.5 Å². The van der Waals surface area contributed by atoms with Crippen LogP contribution in [0.25, 0.3) is 0 Å². The van der Waals surface area contributed by atoms with E-state index in [4.69, 9.17) is 10.5 Å². The molecule has 1 aliphatic carbocycles. The third kappa shape index (κ3) is 9.33. The Morgan fingerprint density at radius 2 is 1.74 bits per heavy atom. The van der Waals surface area contributed by atoms with Crippen molar-refractivity contribution in [3.05, 3.63) is 35.4 Å². The molecule has 4 N–H and O–H groups in total. The number of alkyl carbamates (subject to hydrolysis) is 1. The molecule has 1 aromatic rings. The van der Waals surface area contributed by atoms with Crippen LogP contribution in [0, 0.1) is 6.92 Å². The second kappa shape index (κ2) is 14.2. The molecular formula is C29H46N4O5. The van der Waals surface area contributed by atoms with Crippen LogP contribution in [0.4, 0.5) is 4.79 Å². The maximum absolute atomic E-state index is 14.2. The van der Waals surface area contributed by atoms with Crippen LogP contribution in [0.2, 0.25) is 0 Å². The van der Waals surface area contributed by atoms with Gasteiger partial charge < -0.3 is 26.0 Å². The lowest BCUT2D eigenvalue weighted by Gasteiger charge is -2.39. The number of nitrogens with zero attached hydrogens (tertiary/aromatic N) is 1. The summed E-state index contributed by atoms with van der Waals surface area (Å²) in [5, 5.41) is 5.84. The minimum absolute atomic E-state index is 0.00885. The van der Waals surface area contributed by atoms with E-state index in [0.717, 1.165) is 43.2 Å². The Kier molecular flexibility index (Phi) is 11.6. The van der Waals surface area contributed by atoms with E-state index in [9.17, 15) is 19.2 Å². The zero-order valence-corrected chi connectivity index (χ0v) is 23.8. The summed E-state index contributed by atoms with van der Waals surface area (Å²) in [6, 6.07) is 5.25. The van der Waals surface area contributed by atoms with Crippen LogP contribution in [0.15, 0.2) is 24.3 Å². The number of ether oxygens (including phenoxy) is 1. The van der Waals surface area contributed by atoms with Crippen molar-refractivity contribution in [1.29, 1.82) is 0 Å². The number of amides is 4. The third-order valence-electron chi connectivity index (χ3n) is 6.95. The van der Waals surface area contributed by atoms with Crippen molar-refractivity contribution in [2.24, 2.45) is 5.73 Å². The van der Waals surface area contributed by atoms with Crippen LogP contribution < -0.4 is 16.4 Å². The Morgan fingerprint density at radius 3 is 2.29 bits per heavy atom. The molecule has 0 bridgehead atoms. The predicted molar refractivity (Wildman–Crippen MR) is 147 cm³/mol. The number of carbonyl (C=O) groups is 4. The average molecular weight is 531 g/mol. The van der Waals surface area contributed by atoms with Crippen molar-refractivity contribution in [2.45, 2.75) is 123 Å². The molecule has 0 saturated heterocycles. The highest BCUT2D eigenvalue weighted by Crippen LogP contribution is 2.30. The highest BCUT2D eigenvalue weighted by Gasteiger charge is 2.39. The zero-order chi connectivity index (χ0) is 28.5. The molecule has 0 aromatic heterocycles.